The van der Waals surface area contributed by atoms with Crippen LogP contribution in [0.2, 0.25) is 0 Å². The summed E-state index contributed by atoms with van der Waals surface area (Å²) in [7, 11) is 0. The number of benzene rings is 1. The van der Waals surface area contributed by atoms with E-state index < -0.39 is 0 Å². The lowest BCUT2D eigenvalue weighted by Gasteiger charge is -2.03. The number of oxazole rings is 1. The highest BCUT2D eigenvalue weighted by molar-refractivity contribution is 5.78. The summed E-state index contributed by atoms with van der Waals surface area (Å²) >= 11 is 0. The molecule has 1 N–H and O–H groups in total. The quantitative estimate of drug-likeness (QED) is 0.791. The minimum absolute atomic E-state index is 0.00305. The van der Waals surface area contributed by atoms with Crippen molar-refractivity contribution in [1.82, 2.24) is 10.3 Å². The van der Waals surface area contributed by atoms with Crippen molar-refractivity contribution in [3.63, 3.8) is 0 Å². The standard InChI is InChI=1S/C18H24N2O2/c1-4-5-6-10-19-17(21)12-16-14(3)22-18(20-16)15-9-7-8-13(2)11-15/h7-9,11H,4-6,10,12H2,1-3H3,(H,19,21). The second-order valence-corrected chi connectivity index (χ2v) is 5.63. The first-order valence-corrected chi connectivity index (χ1v) is 7.90. The van der Waals surface area contributed by atoms with E-state index in [-0.39, 0.29) is 12.3 Å². The van der Waals surface area contributed by atoms with E-state index >= 15 is 0 Å². The monoisotopic (exact) mass is 300 g/mol. The third-order valence-electron chi connectivity index (χ3n) is 3.59. The molecule has 0 fully saturated rings. The summed E-state index contributed by atoms with van der Waals surface area (Å²) in [5, 5.41) is 2.93. The molecule has 0 unspecified atom stereocenters. The largest absolute Gasteiger partial charge is 0.441 e. The Labute approximate surface area is 131 Å². The number of rotatable bonds is 7. The Morgan fingerprint density at radius 1 is 1.27 bits per heavy atom. The van der Waals surface area contributed by atoms with Crippen LogP contribution in [-0.2, 0) is 11.2 Å². The van der Waals surface area contributed by atoms with Gasteiger partial charge in [0.05, 0.1) is 12.1 Å². The molecule has 2 aromatic rings. The van der Waals surface area contributed by atoms with Crippen LogP contribution in [-0.4, -0.2) is 17.4 Å². The minimum atomic E-state index is 0.00305. The fourth-order valence-corrected chi connectivity index (χ4v) is 2.31. The maximum absolute atomic E-state index is 11.9. The van der Waals surface area contributed by atoms with Crippen LogP contribution in [0, 0.1) is 13.8 Å². The molecule has 22 heavy (non-hydrogen) atoms. The Kier molecular flexibility index (Phi) is 5.75. The summed E-state index contributed by atoms with van der Waals surface area (Å²) in [5.74, 6) is 1.29. The van der Waals surface area contributed by atoms with E-state index in [0.29, 0.717) is 17.3 Å². The van der Waals surface area contributed by atoms with Crippen LogP contribution in [0.4, 0.5) is 0 Å². The molecule has 1 aromatic heterocycles. The molecular weight excluding hydrogens is 276 g/mol. The van der Waals surface area contributed by atoms with Crippen molar-refractivity contribution in [1.29, 1.82) is 0 Å². The third-order valence-corrected chi connectivity index (χ3v) is 3.59. The van der Waals surface area contributed by atoms with Crippen LogP contribution in [0.25, 0.3) is 11.5 Å². The summed E-state index contributed by atoms with van der Waals surface area (Å²) in [6, 6.07) is 8.00. The molecule has 0 saturated heterocycles. The van der Waals surface area contributed by atoms with Gasteiger partial charge in [0, 0.05) is 12.1 Å². The summed E-state index contributed by atoms with van der Waals surface area (Å²) in [6.07, 6.45) is 3.58. The molecule has 0 saturated carbocycles. The van der Waals surface area contributed by atoms with Gasteiger partial charge in [-0.05, 0) is 32.4 Å². The predicted molar refractivity (Wildman–Crippen MR) is 87.7 cm³/mol. The van der Waals surface area contributed by atoms with E-state index in [0.717, 1.165) is 36.9 Å². The summed E-state index contributed by atoms with van der Waals surface area (Å²) < 4.78 is 5.71. The van der Waals surface area contributed by atoms with Gasteiger partial charge in [0.2, 0.25) is 11.8 Å². The zero-order valence-electron chi connectivity index (χ0n) is 13.6. The Bertz CT molecular complexity index is 632. The molecule has 0 aliphatic heterocycles. The van der Waals surface area contributed by atoms with Gasteiger partial charge >= 0.3 is 0 Å². The molecule has 1 aromatic carbocycles. The number of nitrogens with zero attached hydrogens (tertiary/aromatic N) is 1. The van der Waals surface area contributed by atoms with E-state index in [4.69, 9.17) is 4.42 Å². The van der Waals surface area contributed by atoms with Crippen LogP contribution >= 0.6 is 0 Å². The number of nitrogens with one attached hydrogen (secondary N) is 1. The van der Waals surface area contributed by atoms with Crippen molar-refractivity contribution in [2.75, 3.05) is 6.54 Å². The molecule has 0 radical (unpaired) electrons. The van der Waals surface area contributed by atoms with Gasteiger partial charge in [-0.15, -0.1) is 0 Å². The Morgan fingerprint density at radius 2 is 2.09 bits per heavy atom. The van der Waals surface area contributed by atoms with Crippen molar-refractivity contribution >= 4 is 5.91 Å². The van der Waals surface area contributed by atoms with E-state index in [1.807, 2.05) is 38.1 Å². The number of carbonyl (C=O) groups excluding carboxylic acids is 1. The molecule has 0 aliphatic rings. The van der Waals surface area contributed by atoms with Crippen molar-refractivity contribution < 1.29 is 9.21 Å². The van der Waals surface area contributed by atoms with Crippen molar-refractivity contribution in [2.24, 2.45) is 0 Å². The number of carbonyl (C=O) groups is 1. The summed E-state index contributed by atoms with van der Waals surface area (Å²) in [6.45, 7) is 6.76. The minimum Gasteiger partial charge on any atom is -0.441 e. The molecule has 118 valence electrons. The van der Waals surface area contributed by atoms with Crippen LogP contribution in [0.15, 0.2) is 28.7 Å². The fraction of sp³-hybridized carbons (Fsp3) is 0.444. The van der Waals surface area contributed by atoms with E-state index in [2.05, 4.69) is 17.2 Å². The number of unbranched alkanes of at least 4 members (excludes halogenated alkanes) is 2. The smallest absolute Gasteiger partial charge is 0.226 e. The number of hydrogen-bond acceptors (Lipinski definition) is 3. The Balaban J connectivity index is 1.99. The Morgan fingerprint density at radius 3 is 2.82 bits per heavy atom. The van der Waals surface area contributed by atoms with Crippen molar-refractivity contribution in [3.05, 3.63) is 41.3 Å². The zero-order valence-corrected chi connectivity index (χ0v) is 13.6. The molecule has 0 atom stereocenters. The zero-order chi connectivity index (χ0) is 15.9. The van der Waals surface area contributed by atoms with Gasteiger partial charge in [-0.25, -0.2) is 4.98 Å². The first-order valence-electron chi connectivity index (χ1n) is 7.90. The van der Waals surface area contributed by atoms with Crippen molar-refractivity contribution in [3.8, 4) is 11.5 Å². The molecule has 2 rings (SSSR count). The normalized spacial score (nSPS) is 10.7. The molecule has 4 nitrogen and oxygen atoms in total. The first kappa shape index (κ1) is 16.3. The number of amides is 1. The highest BCUT2D eigenvalue weighted by Crippen LogP contribution is 2.22. The van der Waals surface area contributed by atoms with Gasteiger partial charge < -0.3 is 9.73 Å². The molecule has 0 spiro atoms. The first-order chi connectivity index (χ1) is 10.6. The number of aromatic nitrogens is 1. The summed E-state index contributed by atoms with van der Waals surface area (Å²) in [4.78, 5) is 16.4. The van der Waals surface area contributed by atoms with Crippen LogP contribution in [0.5, 0.6) is 0 Å². The van der Waals surface area contributed by atoms with Gasteiger partial charge in [-0.2, -0.15) is 0 Å². The molecule has 1 heterocycles. The maximum Gasteiger partial charge on any atom is 0.226 e. The highest BCUT2D eigenvalue weighted by Gasteiger charge is 2.14. The lowest BCUT2D eigenvalue weighted by molar-refractivity contribution is -0.120. The SMILES string of the molecule is CCCCCNC(=O)Cc1nc(-c2cccc(C)c2)oc1C. The van der Waals surface area contributed by atoms with Gasteiger partial charge in [0.25, 0.3) is 0 Å². The number of aryl methyl sites for hydroxylation is 2. The molecule has 4 heteroatoms. The average Bonchev–Trinajstić information content (AvgIpc) is 2.85. The van der Waals surface area contributed by atoms with Gasteiger partial charge in [0.15, 0.2) is 0 Å². The van der Waals surface area contributed by atoms with Crippen LogP contribution < -0.4 is 5.32 Å². The topological polar surface area (TPSA) is 55.1 Å². The molecule has 0 bridgehead atoms. The second kappa shape index (κ2) is 7.78. The van der Waals surface area contributed by atoms with Crippen LogP contribution in [0.1, 0.15) is 43.2 Å². The molecular formula is C18H24N2O2. The van der Waals surface area contributed by atoms with Gasteiger partial charge in [0.1, 0.15) is 5.76 Å². The average molecular weight is 300 g/mol. The van der Waals surface area contributed by atoms with E-state index in [9.17, 15) is 4.79 Å². The third kappa shape index (κ3) is 4.45. The predicted octanol–water partition coefficient (Wildman–Crippen LogP) is 3.81. The van der Waals surface area contributed by atoms with Crippen molar-refractivity contribution in [2.45, 2.75) is 46.5 Å². The molecule has 1 amide bonds. The van der Waals surface area contributed by atoms with E-state index in [1.54, 1.807) is 0 Å². The lowest BCUT2D eigenvalue weighted by Crippen LogP contribution is -2.26. The van der Waals surface area contributed by atoms with E-state index in [1.165, 1.54) is 0 Å². The maximum atomic E-state index is 11.9. The molecule has 0 aliphatic carbocycles. The summed E-state index contributed by atoms with van der Waals surface area (Å²) in [5.41, 5.74) is 2.81. The fourth-order valence-electron chi connectivity index (χ4n) is 2.31. The number of hydrogen-bond donors (Lipinski definition) is 1. The Hall–Kier alpha value is -2.10. The second-order valence-electron chi connectivity index (χ2n) is 5.63. The highest BCUT2D eigenvalue weighted by atomic mass is 16.4. The van der Waals surface area contributed by atoms with Gasteiger partial charge in [-0.1, -0.05) is 37.5 Å². The van der Waals surface area contributed by atoms with Gasteiger partial charge in [-0.3, -0.25) is 4.79 Å². The van der Waals surface area contributed by atoms with Crippen LogP contribution in [0.3, 0.4) is 0 Å². The lowest BCUT2D eigenvalue weighted by atomic mass is 10.1.